The van der Waals surface area contributed by atoms with Crippen molar-refractivity contribution in [3.63, 3.8) is 0 Å². The summed E-state index contributed by atoms with van der Waals surface area (Å²) in [7, 11) is 1.79. The maximum atomic E-state index is 13.2. The number of hydrogen-bond acceptors (Lipinski definition) is 4. The molecule has 0 fully saturated rings. The molecule has 11 heteroatoms. The lowest BCUT2D eigenvalue weighted by Crippen LogP contribution is -3.00. The van der Waals surface area contributed by atoms with Crippen LogP contribution in [0.5, 0.6) is 11.5 Å². The van der Waals surface area contributed by atoms with Gasteiger partial charge in [0.25, 0.3) is 6.33 Å². The van der Waals surface area contributed by atoms with Crippen molar-refractivity contribution in [1.29, 1.82) is 0 Å². The topological polar surface area (TPSA) is 61.6 Å². The van der Waals surface area contributed by atoms with Gasteiger partial charge < -0.3 is 33.5 Å². The summed E-state index contributed by atoms with van der Waals surface area (Å²) < 4.78 is 40.0. The molecule has 1 aliphatic rings. The number of aryl methyl sites for hydroxylation is 2. The first-order chi connectivity index (χ1) is 12.3. The predicted molar refractivity (Wildman–Crippen MR) is 86.6 cm³/mol. The molecule has 2 aromatic heterocycles. The van der Waals surface area contributed by atoms with Crippen LogP contribution in [0, 0.1) is 6.92 Å². The van der Waals surface area contributed by atoms with Gasteiger partial charge in [-0.15, -0.1) is 29.7 Å². The van der Waals surface area contributed by atoms with Crippen LogP contribution in [-0.4, -0.2) is 21.5 Å². The van der Waals surface area contributed by atoms with Crippen molar-refractivity contribution in [3.8, 4) is 17.2 Å². The van der Waals surface area contributed by atoms with Crippen LogP contribution in [0.1, 0.15) is 4.88 Å². The summed E-state index contributed by atoms with van der Waals surface area (Å²) in [5.74, 6) is -0.112. The molecule has 0 bridgehead atoms. The van der Waals surface area contributed by atoms with Crippen LogP contribution >= 0.6 is 11.3 Å². The van der Waals surface area contributed by atoms with E-state index in [2.05, 4.69) is 14.5 Å². The third-order valence-corrected chi connectivity index (χ3v) is 4.51. The zero-order chi connectivity index (χ0) is 18.5. The van der Waals surface area contributed by atoms with Crippen molar-refractivity contribution < 1.29 is 51.6 Å². The number of benzene rings is 1. The number of hydrogen-bond donors (Lipinski definition) is 0. The van der Waals surface area contributed by atoms with E-state index in [4.69, 9.17) is 0 Å². The van der Waals surface area contributed by atoms with Gasteiger partial charge in [-0.2, -0.15) is 0 Å². The van der Waals surface area contributed by atoms with Crippen LogP contribution in [0.15, 0.2) is 48.1 Å². The number of carbonyl (C=O) groups excluding carboxylic acids is 1. The lowest BCUT2D eigenvalue weighted by molar-refractivity contribution is -0.670. The molecule has 1 amide bonds. The van der Waals surface area contributed by atoms with Gasteiger partial charge in [0.15, 0.2) is 11.5 Å². The lowest BCUT2D eigenvalue weighted by atomic mass is 10.3. The Labute approximate surface area is 173 Å². The molecule has 1 aliphatic heterocycles. The summed E-state index contributed by atoms with van der Waals surface area (Å²) in [6.07, 6.45) is 3.00. The van der Waals surface area contributed by atoms with Crippen molar-refractivity contribution in [2.75, 3.05) is 0 Å². The van der Waals surface area contributed by atoms with Crippen molar-refractivity contribution in [3.05, 3.63) is 52.8 Å². The van der Waals surface area contributed by atoms with Crippen LogP contribution in [0.3, 0.4) is 0 Å². The Morgan fingerprint density at radius 3 is 2.74 bits per heavy atom. The molecule has 3 heterocycles. The zero-order valence-electron chi connectivity index (χ0n) is 14.1. The number of nitrogens with zero attached hydrogens (tertiary/aromatic N) is 4. The summed E-state index contributed by atoms with van der Waals surface area (Å²) in [5, 5.41) is 0. The third kappa shape index (κ3) is 3.88. The van der Waals surface area contributed by atoms with Gasteiger partial charge in [0, 0.05) is 17.1 Å². The summed E-state index contributed by atoms with van der Waals surface area (Å²) in [6.45, 7) is 1.86. The standard InChI is InChI=1S/C16H13F2N4O3S.HI/c1-10-8-22(11-3-4-12-13(7-11)25-16(17,18)24-12)15(26-10)19-14(23)21-6-5-20(2)9-21;/h3-9H,1-2H3;1H/q+1;/p-1/b19-15-;. The van der Waals surface area contributed by atoms with E-state index in [1.807, 2.05) is 6.92 Å². The lowest BCUT2D eigenvalue weighted by Gasteiger charge is -2.04. The van der Waals surface area contributed by atoms with E-state index < -0.39 is 12.3 Å². The molecule has 3 aromatic rings. The molecule has 0 spiro atoms. The van der Waals surface area contributed by atoms with Crippen molar-refractivity contribution in [2.24, 2.45) is 12.0 Å². The minimum absolute atomic E-state index is 0. The number of fused-ring (bicyclic) bond motifs is 1. The molecule has 0 unspecified atom stereocenters. The molecule has 0 N–H and O–H groups in total. The molecule has 142 valence electrons. The normalized spacial score (nSPS) is 14.9. The fourth-order valence-corrected chi connectivity index (χ4v) is 3.33. The number of thiazole rings is 1. The number of imidazole rings is 1. The molecule has 7 nitrogen and oxygen atoms in total. The van der Waals surface area contributed by atoms with E-state index in [0.717, 1.165) is 4.88 Å². The van der Waals surface area contributed by atoms with E-state index >= 15 is 0 Å². The van der Waals surface area contributed by atoms with E-state index in [0.29, 0.717) is 10.5 Å². The third-order valence-electron chi connectivity index (χ3n) is 3.61. The second-order valence-corrected chi connectivity index (χ2v) is 6.89. The minimum Gasteiger partial charge on any atom is -1.00 e. The number of carbonyl (C=O) groups is 1. The molecule has 27 heavy (non-hydrogen) atoms. The van der Waals surface area contributed by atoms with E-state index in [-0.39, 0.29) is 35.5 Å². The number of alkyl halides is 2. The average molecular weight is 506 g/mol. The second kappa shape index (κ2) is 7.03. The molecule has 0 aliphatic carbocycles. The second-order valence-electron chi connectivity index (χ2n) is 5.67. The smallest absolute Gasteiger partial charge is 0.586 e. The molecule has 0 saturated carbocycles. The SMILES string of the molecule is Cc1cn(-c2ccc3c(c2)OC(F)(F)O3)/c(=N/C(=O)n2cc[n+](C)c2)s1.[I-]. The highest BCUT2D eigenvalue weighted by atomic mass is 127. The molecule has 0 saturated heterocycles. The fourth-order valence-electron chi connectivity index (χ4n) is 2.51. The first kappa shape index (κ1) is 19.5. The zero-order valence-corrected chi connectivity index (χ0v) is 17.1. The number of halogens is 3. The quantitative estimate of drug-likeness (QED) is 0.327. The van der Waals surface area contributed by atoms with Gasteiger partial charge in [-0.3, -0.25) is 4.57 Å². The number of amides is 1. The Kier molecular flexibility index (Phi) is 5.08. The monoisotopic (exact) mass is 506 g/mol. The van der Waals surface area contributed by atoms with E-state index in [1.54, 1.807) is 47.2 Å². The highest BCUT2D eigenvalue weighted by Gasteiger charge is 2.43. The molecule has 4 rings (SSSR count). The van der Waals surface area contributed by atoms with Crippen LogP contribution in [0.2, 0.25) is 0 Å². The Morgan fingerprint density at radius 1 is 1.30 bits per heavy atom. The van der Waals surface area contributed by atoms with Crippen molar-refractivity contribution >= 4 is 17.4 Å². The van der Waals surface area contributed by atoms with Crippen LogP contribution < -0.4 is 42.8 Å². The van der Waals surface area contributed by atoms with Gasteiger partial charge in [0.2, 0.25) is 4.80 Å². The summed E-state index contributed by atoms with van der Waals surface area (Å²) in [4.78, 5) is 17.8. The van der Waals surface area contributed by atoms with Gasteiger partial charge in [-0.1, -0.05) is 0 Å². The number of aromatic nitrogens is 3. The first-order valence-corrected chi connectivity index (χ1v) is 8.34. The Balaban J connectivity index is 0.00000210. The predicted octanol–water partition coefficient (Wildman–Crippen LogP) is -0.632. The van der Waals surface area contributed by atoms with Crippen molar-refractivity contribution in [2.45, 2.75) is 13.2 Å². The molecule has 0 atom stereocenters. The van der Waals surface area contributed by atoms with Gasteiger partial charge in [0.05, 0.1) is 12.7 Å². The van der Waals surface area contributed by atoms with Crippen LogP contribution in [-0.2, 0) is 7.05 Å². The Bertz CT molecular complexity index is 1090. The van der Waals surface area contributed by atoms with Gasteiger partial charge >= 0.3 is 12.3 Å². The summed E-state index contributed by atoms with van der Waals surface area (Å²) in [5.41, 5.74) is 0.527. The van der Waals surface area contributed by atoms with Crippen LogP contribution in [0.4, 0.5) is 13.6 Å². The minimum atomic E-state index is -3.68. The summed E-state index contributed by atoms with van der Waals surface area (Å²) >= 11 is 1.31. The molecule has 1 aromatic carbocycles. The number of ether oxygens (including phenoxy) is 2. The Morgan fingerprint density at radius 2 is 2.04 bits per heavy atom. The first-order valence-electron chi connectivity index (χ1n) is 7.52. The summed E-state index contributed by atoms with van der Waals surface area (Å²) in [6, 6.07) is 3.94. The maximum absolute atomic E-state index is 13.2. The van der Waals surface area contributed by atoms with Crippen molar-refractivity contribution in [1.82, 2.24) is 9.13 Å². The average Bonchev–Trinajstić information content (AvgIpc) is 3.22. The molecular weight excluding hydrogens is 493 g/mol. The van der Waals surface area contributed by atoms with E-state index in [9.17, 15) is 13.6 Å². The van der Waals surface area contributed by atoms with E-state index in [1.165, 1.54) is 28.0 Å². The highest BCUT2D eigenvalue weighted by molar-refractivity contribution is 7.09. The van der Waals surface area contributed by atoms with Gasteiger partial charge in [0.1, 0.15) is 12.4 Å². The molecule has 0 radical (unpaired) electrons. The van der Waals surface area contributed by atoms with Gasteiger partial charge in [-0.25, -0.2) is 9.36 Å². The maximum Gasteiger partial charge on any atom is 0.586 e. The largest absolute Gasteiger partial charge is 1.00 e. The van der Waals surface area contributed by atoms with Crippen LogP contribution in [0.25, 0.3) is 5.69 Å². The van der Waals surface area contributed by atoms with Gasteiger partial charge in [-0.05, 0) is 19.1 Å². The number of rotatable bonds is 1. The Hall–Kier alpha value is -2.28. The highest BCUT2D eigenvalue weighted by Crippen LogP contribution is 2.41. The molecular formula is C16H13F2IN4O3S. The fraction of sp³-hybridized carbons (Fsp3) is 0.188.